The molecule has 0 bridgehead atoms. The molecule has 1 heterocycles. The van der Waals surface area contributed by atoms with Gasteiger partial charge in [0.2, 0.25) is 10.0 Å². The number of hydrogen-bond acceptors (Lipinski definition) is 7. The predicted octanol–water partition coefficient (Wildman–Crippen LogP) is 3.52. The normalized spacial score (nSPS) is 16.5. The van der Waals surface area contributed by atoms with Crippen molar-refractivity contribution in [1.82, 2.24) is 9.62 Å². The molecule has 1 unspecified atom stereocenters. The predicted molar refractivity (Wildman–Crippen MR) is 155 cm³/mol. The molecule has 3 aromatic rings. The van der Waals surface area contributed by atoms with Crippen LogP contribution < -0.4 is 15.8 Å². The first-order valence-electron chi connectivity index (χ1n) is 13.6. The topological polar surface area (TPSA) is 128 Å². The van der Waals surface area contributed by atoms with Gasteiger partial charge >= 0.3 is 5.97 Å². The second-order valence-corrected chi connectivity index (χ2v) is 13.4. The number of rotatable bonds is 10. The van der Waals surface area contributed by atoms with Crippen molar-refractivity contribution < 1.29 is 31.9 Å². The molecule has 4 rings (SSSR count). The third-order valence-corrected chi connectivity index (χ3v) is 8.52. The fraction of sp³-hybridized carbons (Fsp3) is 0.355. The standard InChI is InChI=1S/C31H36FN3O6S/c1-21(28(36)34-30(2,3)4)40-29(37)27(33)17-22-10-8-15-26(16-22)42(38,39)35-19-31(20-35,23-11-6-5-7-12-23)41-25-14-9-13-24(32)18-25/h5-16,18,21,27H,17,19-20,33H2,1-4H3,(H,34,36)/t21?,27-/m0/s1. The van der Waals surface area contributed by atoms with Gasteiger partial charge in [-0.3, -0.25) is 9.59 Å². The van der Waals surface area contributed by atoms with E-state index in [0.717, 1.165) is 5.56 Å². The van der Waals surface area contributed by atoms with Gasteiger partial charge in [-0.05, 0) is 69.5 Å². The van der Waals surface area contributed by atoms with Crippen molar-refractivity contribution in [3.8, 4) is 5.75 Å². The molecule has 1 aliphatic heterocycles. The van der Waals surface area contributed by atoms with Gasteiger partial charge in [0, 0.05) is 11.6 Å². The summed E-state index contributed by atoms with van der Waals surface area (Å²) in [6, 6.07) is 20.0. The number of esters is 1. The number of ether oxygens (including phenoxy) is 2. The Morgan fingerprint density at radius 1 is 1.02 bits per heavy atom. The number of carbonyl (C=O) groups excluding carboxylic acids is 2. The zero-order valence-electron chi connectivity index (χ0n) is 24.0. The summed E-state index contributed by atoms with van der Waals surface area (Å²) in [4.78, 5) is 24.8. The molecule has 3 N–H and O–H groups in total. The Bertz CT molecular complexity index is 1540. The first-order valence-corrected chi connectivity index (χ1v) is 15.0. The van der Waals surface area contributed by atoms with Gasteiger partial charge in [0.25, 0.3) is 5.91 Å². The number of amides is 1. The molecule has 0 radical (unpaired) electrons. The second-order valence-electron chi connectivity index (χ2n) is 11.5. The molecular weight excluding hydrogens is 561 g/mol. The van der Waals surface area contributed by atoms with Crippen molar-refractivity contribution in [3.05, 3.63) is 95.8 Å². The number of halogens is 1. The number of hydrogen-bond donors (Lipinski definition) is 2. The van der Waals surface area contributed by atoms with Gasteiger partial charge in [-0.15, -0.1) is 0 Å². The summed E-state index contributed by atoms with van der Waals surface area (Å²) in [6.45, 7) is 6.92. The van der Waals surface area contributed by atoms with Crippen LogP contribution in [0.5, 0.6) is 5.75 Å². The first-order chi connectivity index (χ1) is 19.7. The zero-order chi connectivity index (χ0) is 30.7. The highest BCUT2D eigenvalue weighted by molar-refractivity contribution is 7.89. The van der Waals surface area contributed by atoms with Crippen molar-refractivity contribution in [2.24, 2.45) is 5.73 Å². The maximum Gasteiger partial charge on any atom is 0.324 e. The van der Waals surface area contributed by atoms with Crippen molar-refractivity contribution in [1.29, 1.82) is 0 Å². The van der Waals surface area contributed by atoms with Crippen molar-refractivity contribution in [3.63, 3.8) is 0 Å². The molecule has 2 atom stereocenters. The minimum absolute atomic E-state index is 0.00639. The van der Waals surface area contributed by atoms with Gasteiger partial charge in [0.15, 0.2) is 11.7 Å². The van der Waals surface area contributed by atoms with Gasteiger partial charge in [0.1, 0.15) is 17.6 Å². The minimum atomic E-state index is -3.94. The number of nitrogens with zero attached hydrogens (tertiary/aromatic N) is 1. The van der Waals surface area contributed by atoms with Gasteiger partial charge in [-0.1, -0.05) is 48.5 Å². The zero-order valence-corrected chi connectivity index (χ0v) is 24.9. The molecule has 42 heavy (non-hydrogen) atoms. The van der Waals surface area contributed by atoms with Crippen LogP contribution in [0.15, 0.2) is 83.8 Å². The molecule has 0 saturated carbocycles. The van der Waals surface area contributed by atoms with E-state index in [0.29, 0.717) is 11.3 Å². The highest BCUT2D eigenvalue weighted by Gasteiger charge is 2.52. The van der Waals surface area contributed by atoms with E-state index in [9.17, 15) is 22.4 Å². The van der Waals surface area contributed by atoms with Gasteiger partial charge in [-0.2, -0.15) is 4.31 Å². The lowest BCUT2D eigenvalue weighted by molar-refractivity contribution is -0.156. The number of nitrogens with one attached hydrogen (secondary N) is 1. The summed E-state index contributed by atoms with van der Waals surface area (Å²) in [5.41, 5.74) is 5.85. The molecule has 9 nitrogen and oxygen atoms in total. The van der Waals surface area contributed by atoms with Gasteiger partial charge in [-0.25, -0.2) is 12.8 Å². The fourth-order valence-corrected chi connectivity index (χ4v) is 6.21. The monoisotopic (exact) mass is 597 g/mol. The lowest BCUT2D eigenvalue weighted by atomic mass is 9.87. The van der Waals surface area contributed by atoms with Crippen molar-refractivity contribution in [2.45, 2.75) is 62.3 Å². The van der Waals surface area contributed by atoms with Crippen molar-refractivity contribution in [2.75, 3.05) is 13.1 Å². The smallest absolute Gasteiger partial charge is 0.324 e. The fourth-order valence-electron chi connectivity index (χ4n) is 4.60. The summed E-state index contributed by atoms with van der Waals surface area (Å²) >= 11 is 0. The van der Waals surface area contributed by atoms with E-state index in [1.165, 1.54) is 41.6 Å². The third-order valence-electron chi connectivity index (χ3n) is 6.73. The molecule has 1 aliphatic rings. The highest BCUT2D eigenvalue weighted by Crippen LogP contribution is 2.40. The summed E-state index contributed by atoms with van der Waals surface area (Å²) in [5, 5.41) is 2.74. The van der Waals surface area contributed by atoms with Crippen molar-refractivity contribution >= 4 is 21.9 Å². The third kappa shape index (κ3) is 7.33. The Kier molecular flexibility index (Phi) is 9.05. The summed E-state index contributed by atoms with van der Waals surface area (Å²) in [7, 11) is -3.94. The lowest BCUT2D eigenvalue weighted by Gasteiger charge is -2.48. The summed E-state index contributed by atoms with van der Waals surface area (Å²) in [5.74, 6) is -1.38. The first kappa shape index (κ1) is 31.1. The molecule has 0 aromatic heterocycles. The Morgan fingerprint density at radius 3 is 2.33 bits per heavy atom. The van der Waals surface area contributed by atoms with Crippen LogP contribution in [0.25, 0.3) is 0 Å². The lowest BCUT2D eigenvalue weighted by Crippen LogP contribution is -2.64. The molecule has 0 spiro atoms. The van der Waals surface area contributed by atoms with Crippen LogP contribution in [0, 0.1) is 5.82 Å². The minimum Gasteiger partial charge on any atom is -0.480 e. The summed E-state index contributed by atoms with van der Waals surface area (Å²) in [6.07, 6.45) is -1.03. The quantitative estimate of drug-likeness (QED) is 0.342. The molecule has 11 heteroatoms. The Labute approximate surface area is 245 Å². The highest BCUT2D eigenvalue weighted by atomic mass is 32.2. The van der Waals surface area contributed by atoms with Gasteiger partial charge in [0.05, 0.1) is 18.0 Å². The van der Waals surface area contributed by atoms with Gasteiger partial charge < -0.3 is 20.5 Å². The van der Waals surface area contributed by atoms with Crippen LogP contribution in [0.4, 0.5) is 4.39 Å². The Balaban J connectivity index is 1.45. The van der Waals surface area contributed by atoms with E-state index in [1.54, 1.807) is 18.2 Å². The van der Waals surface area contributed by atoms with E-state index in [-0.39, 0.29) is 24.4 Å². The SMILES string of the molecule is CC(OC(=O)[C@@H](N)Cc1cccc(S(=O)(=O)N2CC(Oc3cccc(F)c3)(c3ccccc3)C2)c1)C(=O)NC(C)(C)C. The van der Waals surface area contributed by atoms with Crippen LogP contribution in [0.1, 0.15) is 38.8 Å². The molecule has 224 valence electrons. The molecule has 1 saturated heterocycles. The van der Waals surface area contributed by atoms with Crippen LogP contribution in [0.2, 0.25) is 0 Å². The average Bonchev–Trinajstić information content (AvgIpc) is 2.90. The maximum atomic E-state index is 13.8. The van der Waals surface area contributed by atoms with E-state index in [4.69, 9.17) is 15.2 Å². The molecule has 3 aromatic carbocycles. The second kappa shape index (κ2) is 12.2. The number of carbonyl (C=O) groups is 2. The van der Waals surface area contributed by atoms with E-state index in [2.05, 4.69) is 5.32 Å². The van der Waals surface area contributed by atoms with Crippen LogP contribution in [-0.2, 0) is 36.4 Å². The Hall–Kier alpha value is -3.80. The molecular formula is C31H36FN3O6S. The maximum absolute atomic E-state index is 13.8. The average molecular weight is 598 g/mol. The molecule has 1 fully saturated rings. The molecule has 0 aliphatic carbocycles. The van der Waals surface area contributed by atoms with Crippen LogP contribution in [0.3, 0.4) is 0 Å². The largest absolute Gasteiger partial charge is 0.480 e. The van der Waals surface area contributed by atoms with Crippen LogP contribution in [-0.4, -0.2) is 55.4 Å². The number of benzene rings is 3. The summed E-state index contributed by atoms with van der Waals surface area (Å²) < 4.78 is 53.8. The van der Waals surface area contributed by atoms with E-state index in [1.807, 2.05) is 51.1 Å². The van der Waals surface area contributed by atoms with E-state index < -0.39 is 51.0 Å². The molecule has 1 amide bonds. The van der Waals surface area contributed by atoms with Crippen LogP contribution >= 0.6 is 0 Å². The Morgan fingerprint density at radius 2 is 1.69 bits per heavy atom. The number of nitrogens with two attached hydrogens (primary N) is 1. The van der Waals surface area contributed by atoms with E-state index >= 15 is 0 Å². The number of sulfonamides is 1.